The van der Waals surface area contributed by atoms with Gasteiger partial charge in [0.15, 0.2) is 5.13 Å². The molecule has 2 amide bonds. The predicted molar refractivity (Wildman–Crippen MR) is 115 cm³/mol. The van der Waals surface area contributed by atoms with Crippen LogP contribution in [0.15, 0.2) is 43.1 Å². The van der Waals surface area contributed by atoms with Crippen molar-refractivity contribution in [3.8, 4) is 0 Å². The number of aryl methyl sites for hydroxylation is 1. The van der Waals surface area contributed by atoms with Crippen LogP contribution in [0.5, 0.6) is 0 Å². The number of rotatable bonds is 11. The Bertz CT molecular complexity index is 1040. The molecule has 0 aliphatic carbocycles. The first-order valence-electron chi connectivity index (χ1n) is 9.91. The van der Waals surface area contributed by atoms with Gasteiger partial charge in [0.2, 0.25) is 5.91 Å². The third-order valence-electron chi connectivity index (χ3n) is 4.54. The number of thiazole rings is 1. The second-order valence-corrected chi connectivity index (χ2v) is 7.88. The van der Waals surface area contributed by atoms with Gasteiger partial charge in [0.25, 0.3) is 5.91 Å². The molecule has 0 bridgehead atoms. The number of hydrogen-bond donors (Lipinski definition) is 1. The number of amides is 2. The molecule has 11 heteroatoms. The van der Waals surface area contributed by atoms with Crippen molar-refractivity contribution >= 4 is 28.3 Å². The molecule has 1 N–H and O–H groups in total. The second kappa shape index (κ2) is 11.4. The van der Waals surface area contributed by atoms with Gasteiger partial charge < -0.3 is 14.6 Å². The maximum absolute atomic E-state index is 14.2. The molecule has 0 saturated carbocycles. The topological polar surface area (TPSA) is 89.4 Å². The molecular formula is C21H23F2N5O3S. The number of imidazole rings is 1. The highest BCUT2D eigenvalue weighted by Gasteiger charge is 2.22. The van der Waals surface area contributed by atoms with Gasteiger partial charge >= 0.3 is 0 Å². The summed E-state index contributed by atoms with van der Waals surface area (Å²) in [7, 11) is 1.46. The Hall–Kier alpha value is -3.18. The summed E-state index contributed by atoms with van der Waals surface area (Å²) < 4.78 is 34.6. The van der Waals surface area contributed by atoms with Crippen molar-refractivity contribution < 1.29 is 23.1 Å². The molecule has 32 heavy (non-hydrogen) atoms. The van der Waals surface area contributed by atoms with Crippen molar-refractivity contribution in [2.24, 2.45) is 0 Å². The third-order valence-corrected chi connectivity index (χ3v) is 5.56. The third kappa shape index (κ3) is 6.41. The molecule has 0 saturated heterocycles. The Morgan fingerprint density at radius 2 is 2.16 bits per heavy atom. The van der Waals surface area contributed by atoms with Crippen LogP contribution >= 0.6 is 11.3 Å². The lowest BCUT2D eigenvalue weighted by atomic mass is 10.2. The van der Waals surface area contributed by atoms with Crippen LogP contribution in [0.2, 0.25) is 0 Å². The molecule has 0 aliphatic rings. The van der Waals surface area contributed by atoms with Crippen LogP contribution in [0.4, 0.5) is 13.9 Å². The number of benzene rings is 1. The van der Waals surface area contributed by atoms with Gasteiger partial charge in [-0.25, -0.2) is 18.7 Å². The van der Waals surface area contributed by atoms with Crippen LogP contribution < -0.4 is 10.2 Å². The summed E-state index contributed by atoms with van der Waals surface area (Å²) in [6.07, 6.45) is 7.34. The van der Waals surface area contributed by atoms with Crippen molar-refractivity contribution in [3.63, 3.8) is 0 Å². The minimum absolute atomic E-state index is 0.0106. The van der Waals surface area contributed by atoms with Crippen LogP contribution in [-0.2, 0) is 22.6 Å². The van der Waals surface area contributed by atoms with Crippen LogP contribution in [0.1, 0.15) is 28.1 Å². The van der Waals surface area contributed by atoms with E-state index in [-0.39, 0.29) is 42.1 Å². The van der Waals surface area contributed by atoms with Gasteiger partial charge in [0.1, 0.15) is 16.5 Å². The number of anilines is 1. The normalized spacial score (nSPS) is 10.8. The van der Waals surface area contributed by atoms with Gasteiger partial charge in [0.05, 0.1) is 32.1 Å². The largest absolute Gasteiger partial charge is 0.384 e. The molecule has 0 fully saturated rings. The number of nitrogens with one attached hydrogen (secondary N) is 1. The van der Waals surface area contributed by atoms with Crippen molar-refractivity contribution in [1.29, 1.82) is 0 Å². The van der Waals surface area contributed by atoms with E-state index < -0.39 is 11.6 Å². The SMILES string of the molecule is COCCC(=O)N(Cc1cc(F)ccc1F)c1ncc(C(=O)NCCCn2ccnc2)s1. The Morgan fingerprint density at radius 3 is 2.91 bits per heavy atom. The van der Waals surface area contributed by atoms with Gasteiger partial charge in [-0.15, -0.1) is 0 Å². The molecule has 1 aromatic carbocycles. The fourth-order valence-electron chi connectivity index (χ4n) is 2.89. The highest BCUT2D eigenvalue weighted by atomic mass is 32.1. The van der Waals surface area contributed by atoms with Crippen LogP contribution in [0.25, 0.3) is 0 Å². The van der Waals surface area contributed by atoms with E-state index in [1.807, 2.05) is 10.8 Å². The number of halogens is 2. The van der Waals surface area contributed by atoms with E-state index in [0.717, 1.165) is 36.1 Å². The summed E-state index contributed by atoms with van der Waals surface area (Å²) in [5.74, 6) is -1.94. The number of aromatic nitrogens is 3. The molecular weight excluding hydrogens is 440 g/mol. The number of ether oxygens (including phenoxy) is 1. The van der Waals surface area contributed by atoms with Gasteiger partial charge in [-0.2, -0.15) is 0 Å². The average Bonchev–Trinajstić information content (AvgIpc) is 3.48. The van der Waals surface area contributed by atoms with Gasteiger partial charge in [-0.1, -0.05) is 11.3 Å². The Balaban J connectivity index is 1.67. The molecule has 170 valence electrons. The first kappa shape index (κ1) is 23.5. The highest BCUT2D eigenvalue weighted by Crippen LogP contribution is 2.26. The maximum atomic E-state index is 14.2. The van der Waals surface area contributed by atoms with Crippen molar-refractivity contribution in [2.45, 2.75) is 25.9 Å². The molecule has 2 heterocycles. The maximum Gasteiger partial charge on any atom is 0.263 e. The quantitative estimate of drug-likeness (QED) is 0.442. The number of carbonyl (C=O) groups excluding carboxylic acids is 2. The molecule has 0 aliphatic heterocycles. The fourth-order valence-corrected chi connectivity index (χ4v) is 3.73. The monoisotopic (exact) mass is 463 g/mol. The zero-order chi connectivity index (χ0) is 22.9. The Labute approximate surface area is 187 Å². The summed E-state index contributed by atoms with van der Waals surface area (Å²) in [5.41, 5.74) is 0.0106. The number of hydrogen-bond acceptors (Lipinski definition) is 6. The molecule has 3 rings (SSSR count). The number of carbonyl (C=O) groups is 2. The number of nitrogens with zero attached hydrogens (tertiary/aromatic N) is 4. The lowest BCUT2D eigenvalue weighted by molar-refractivity contribution is -0.119. The first-order valence-corrected chi connectivity index (χ1v) is 10.7. The van der Waals surface area contributed by atoms with E-state index in [1.165, 1.54) is 18.2 Å². The summed E-state index contributed by atoms with van der Waals surface area (Å²) in [6, 6.07) is 3.05. The molecule has 0 unspecified atom stereocenters. The number of methoxy groups -OCH3 is 1. The molecule has 0 radical (unpaired) electrons. The van der Waals surface area contributed by atoms with Crippen molar-refractivity contribution in [1.82, 2.24) is 19.9 Å². The first-order chi connectivity index (χ1) is 15.5. The molecule has 0 spiro atoms. The van der Waals surface area contributed by atoms with E-state index >= 15 is 0 Å². The smallest absolute Gasteiger partial charge is 0.263 e. The minimum Gasteiger partial charge on any atom is -0.384 e. The molecule has 2 aromatic heterocycles. The second-order valence-electron chi connectivity index (χ2n) is 6.88. The van der Waals surface area contributed by atoms with Gasteiger partial charge in [-0.3, -0.25) is 14.5 Å². The average molecular weight is 464 g/mol. The standard InChI is InChI=1S/C21H23F2N5O3S/c1-31-10-5-19(29)28(13-15-11-16(22)3-4-17(15)23)21-26-12-18(32-21)20(30)25-6-2-8-27-9-7-24-14-27/h3-4,7,9,11-12,14H,2,5-6,8,10,13H2,1H3,(H,25,30). The lowest BCUT2D eigenvalue weighted by Crippen LogP contribution is -2.31. The Kier molecular flexibility index (Phi) is 8.40. The van der Waals surface area contributed by atoms with Crippen molar-refractivity contribution in [3.05, 3.63) is 65.2 Å². The van der Waals surface area contributed by atoms with Gasteiger partial charge in [-0.05, 0) is 24.6 Å². The highest BCUT2D eigenvalue weighted by molar-refractivity contribution is 7.17. The predicted octanol–water partition coefficient (Wildman–Crippen LogP) is 3.01. The molecule has 0 atom stereocenters. The zero-order valence-electron chi connectivity index (χ0n) is 17.5. The van der Waals surface area contributed by atoms with Crippen LogP contribution in [0.3, 0.4) is 0 Å². The summed E-state index contributed by atoms with van der Waals surface area (Å²) in [6.45, 7) is 1.12. The summed E-state index contributed by atoms with van der Waals surface area (Å²) in [5, 5.41) is 3.03. The summed E-state index contributed by atoms with van der Waals surface area (Å²) in [4.78, 5) is 34.8. The van der Waals surface area contributed by atoms with Crippen LogP contribution in [0, 0.1) is 11.6 Å². The molecule has 8 nitrogen and oxygen atoms in total. The Morgan fingerprint density at radius 1 is 1.31 bits per heavy atom. The van der Waals surface area contributed by atoms with Crippen molar-refractivity contribution in [2.75, 3.05) is 25.2 Å². The van der Waals surface area contributed by atoms with E-state index in [9.17, 15) is 18.4 Å². The lowest BCUT2D eigenvalue weighted by Gasteiger charge is -2.20. The minimum atomic E-state index is -0.636. The summed E-state index contributed by atoms with van der Waals surface area (Å²) >= 11 is 1.01. The van der Waals surface area contributed by atoms with Gasteiger partial charge in [0, 0.05) is 38.2 Å². The van der Waals surface area contributed by atoms with E-state index in [0.29, 0.717) is 17.8 Å². The zero-order valence-corrected chi connectivity index (χ0v) is 18.3. The van der Waals surface area contributed by atoms with E-state index in [4.69, 9.17) is 4.74 Å². The van der Waals surface area contributed by atoms with E-state index in [2.05, 4.69) is 15.3 Å². The van der Waals surface area contributed by atoms with Crippen LogP contribution in [-0.4, -0.2) is 46.6 Å². The van der Waals surface area contributed by atoms with E-state index in [1.54, 1.807) is 12.5 Å². The fraction of sp³-hybridized carbons (Fsp3) is 0.333. The molecule has 3 aromatic rings.